The Balaban J connectivity index is 1.74. The average Bonchev–Trinajstić information content (AvgIpc) is 3.30. The van der Waals surface area contributed by atoms with E-state index in [-0.39, 0.29) is 0 Å². The Kier molecular flexibility index (Phi) is 4.36. The van der Waals surface area contributed by atoms with Crippen molar-refractivity contribution in [1.29, 1.82) is 0 Å². The first-order chi connectivity index (χ1) is 9.74. The average molecular weight is 293 g/mol. The van der Waals surface area contributed by atoms with E-state index in [9.17, 15) is 4.21 Å². The van der Waals surface area contributed by atoms with Gasteiger partial charge in [-0.25, -0.2) is 4.98 Å². The zero-order valence-corrected chi connectivity index (χ0v) is 12.9. The summed E-state index contributed by atoms with van der Waals surface area (Å²) in [5.74, 6) is 2.61. The number of rotatable bonds is 5. The third kappa shape index (κ3) is 3.58. The number of anilines is 1. The second kappa shape index (κ2) is 6.22. The summed E-state index contributed by atoms with van der Waals surface area (Å²) in [6, 6.07) is 5.14. The molecule has 2 fully saturated rings. The van der Waals surface area contributed by atoms with Gasteiger partial charge in [0.05, 0.1) is 0 Å². The molecule has 3 rings (SSSR count). The topological polar surface area (TPSA) is 45.2 Å². The van der Waals surface area contributed by atoms with Crippen LogP contribution >= 0.6 is 0 Å². The van der Waals surface area contributed by atoms with Gasteiger partial charge in [-0.05, 0) is 37.0 Å². The lowest BCUT2D eigenvalue weighted by molar-refractivity contribution is 0.671. The maximum atomic E-state index is 11.5. The zero-order chi connectivity index (χ0) is 13.9. The molecule has 0 bridgehead atoms. The van der Waals surface area contributed by atoms with E-state index < -0.39 is 10.8 Å². The van der Waals surface area contributed by atoms with Crippen LogP contribution in [0.1, 0.15) is 31.0 Å². The second-order valence-electron chi connectivity index (χ2n) is 5.67. The fourth-order valence-corrected chi connectivity index (χ4v) is 3.55. The quantitative estimate of drug-likeness (QED) is 0.893. The van der Waals surface area contributed by atoms with Crippen molar-refractivity contribution in [2.75, 3.05) is 29.5 Å². The summed E-state index contributed by atoms with van der Waals surface area (Å²) in [5, 5.41) is 3.57. The van der Waals surface area contributed by atoms with Crippen molar-refractivity contribution in [2.45, 2.75) is 38.8 Å². The van der Waals surface area contributed by atoms with Crippen molar-refractivity contribution in [3.8, 4) is 0 Å². The summed E-state index contributed by atoms with van der Waals surface area (Å²) in [5.41, 5.74) is 2.48. The number of aromatic nitrogens is 1. The van der Waals surface area contributed by atoms with Crippen molar-refractivity contribution in [2.24, 2.45) is 0 Å². The van der Waals surface area contributed by atoms with E-state index >= 15 is 0 Å². The van der Waals surface area contributed by atoms with Crippen LogP contribution in [0, 0.1) is 0 Å². The SMILES string of the molecule is CCc1cc(CNC2CC2)cc(N2CCS(=O)CC2)n1. The van der Waals surface area contributed by atoms with Crippen molar-refractivity contribution >= 4 is 16.6 Å². The molecular formula is C15H23N3OS. The van der Waals surface area contributed by atoms with Gasteiger partial charge in [-0.2, -0.15) is 0 Å². The van der Waals surface area contributed by atoms with E-state index in [1.807, 2.05) is 0 Å². The van der Waals surface area contributed by atoms with Gasteiger partial charge in [0, 0.05) is 53.7 Å². The van der Waals surface area contributed by atoms with Crippen LogP contribution in [0.5, 0.6) is 0 Å². The molecule has 110 valence electrons. The normalized spacial score (nSPS) is 20.4. The highest BCUT2D eigenvalue weighted by molar-refractivity contribution is 7.85. The Morgan fingerprint density at radius 1 is 1.35 bits per heavy atom. The fourth-order valence-electron chi connectivity index (χ4n) is 2.49. The summed E-state index contributed by atoms with van der Waals surface area (Å²) in [7, 11) is -0.630. The lowest BCUT2D eigenvalue weighted by Gasteiger charge is -2.28. The van der Waals surface area contributed by atoms with Crippen LogP contribution in [0.4, 0.5) is 5.82 Å². The molecule has 0 spiro atoms. The standard InChI is InChI=1S/C15H23N3OS/c1-2-13-9-12(11-16-14-3-4-14)10-15(17-13)18-5-7-20(19)8-6-18/h9-10,14,16H,2-8,11H2,1H3. The molecule has 1 aromatic heterocycles. The van der Waals surface area contributed by atoms with Gasteiger partial charge < -0.3 is 10.2 Å². The van der Waals surface area contributed by atoms with E-state index in [0.717, 1.165) is 55.1 Å². The Morgan fingerprint density at radius 2 is 2.10 bits per heavy atom. The minimum atomic E-state index is -0.630. The second-order valence-corrected chi connectivity index (χ2v) is 7.36. The van der Waals surface area contributed by atoms with Crippen LogP contribution in [0.2, 0.25) is 0 Å². The highest BCUT2D eigenvalue weighted by atomic mass is 32.2. The van der Waals surface area contributed by atoms with E-state index in [1.165, 1.54) is 18.4 Å². The predicted octanol–water partition coefficient (Wildman–Crippen LogP) is 1.46. The van der Waals surface area contributed by atoms with Crippen LogP contribution in [0.3, 0.4) is 0 Å². The molecule has 0 radical (unpaired) electrons. The molecule has 4 nitrogen and oxygen atoms in total. The lowest BCUT2D eigenvalue weighted by Crippen LogP contribution is -2.38. The smallest absolute Gasteiger partial charge is 0.129 e. The van der Waals surface area contributed by atoms with Gasteiger partial charge in [-0.15, -0.1) is 0 Å². The van der Waals surface area contributed by atoms with Gasteiger partial charge in [0.2, 0.25) is 0 Å². The maximum absolute atomic E-state index is 11.5. The highest BCUT2D eigenvalue weighted by Crippen LogP contribution is 2.21. The summed E-state index contributed by atoms with van der Waals surface area (Å²) in [6.07, 6.45) is 3.59. The van der Waals surface area contributed by atoms with Gasteiger partial charge in [-0.3, -0.25) is 4.21 Å². The number of pyridine rings is 1. The van der Waals surface area contributed by atoms with Crippen LogP contribution in [0.25, 0.3) is 0 Å². The van der Waals surface area contributed by atoms with Gasteiger partial charge in [0.1, 0.15) is 5.82 Å². The first kappa shape index (κ1) is 14.0. The van der Waals surface area contributed by atoms with Gasteiger partial charge in [-0.1, -0.05) is 6.92 Å². The molecule has 1 aliphatic carbocycles. The number of nitrogens with one attached hydrogen (secondary N) is 1. The first-order valence-electron chi connectivity index (χ1n) is 7.57. The van der Waals surface area contributed by atoms with E-state index in [2.05, 4.69) is 29.3 Å². The molecule has 20 heavy (non-hydrogen) atoms. The molecule has 2 heterocycles. The molecule has 1 aromatic rings. The fraction of sp³-hybridized carbons (Fsp3) is 0.667. The number of nitrogens with zero attached hydrogens (tertiary/aromatic N) is 2. The molecule has 1 saturated heterocycles. The van der Waals surface area contributed by atoms with Gasteiger partial charge in [0.15, 0.2) is 0 Å². The Bertz CT molecular complexity index is 492. The first-order valence-corrected chi connectivity index (χ1v) is 9.06. The third-order valence-corrected chi connectivity index (χ3v) is 5.24. The summed E-state index contributed by atoms with van der Waals surface area (Å²) in [4.78, 5) is 7.02. The van der Waals surface area contributed by atoms with Crippen molar-refractivity contribution < 1.29 is 4.21 Å². The van der Waals surface area contributed by atoms with Gasteiger partial charge >= 0.3 is 0 Å². The minimum absolute atomic E-state index is 0.630. The van der Waals surface area contributed by atoms with Crippen LogP contribution in [0.15, 0.2) is 12.1 Å². The summed E-state index contributed by atoms with van der Waals surface area (Å²) in [6.45, 7) is 4.81. The monoisotopic (exact) mass is 293 g/mol. The molecule has 0 unspecified atom stereocenters. The molecule has 0 amide bonds. The number of hydrogen-bond acceptors (Lipinski definition) is 4. The molecule has 1 saturated carbocycles. The maximum Gasteiger partial charge on any atom is 0.129 e. The van der Waals surface area contributed by atoms with Crippen molar-refractivity contribution in [3.05, 3.63) is 23.4 Å². The number of hydrogen-bond donors (Lipinski definition) is 1. The van der Waals surface area contributed by atoms with Gasteiger partial charge in [0.25, 0.3) is 0 Å². The molecule has 1 N–H and O–H groups in total. The van der Waals surface area contributed by atoms with Crippen LogP contribution in [-0.4, -0.2) is 39.8 Å². The largest absolute Gasteiger partial charge is 0.355 e. The van der Waals surface area contributed by atoms with Crippen LogP contribution in [-0.2, 0) is 23.8 Å². The van der Waals surface area contributed by atoms with Crippen molar-refractivity contribution in [3.63, 3.8) is 0 Å². The predicted molar refractivity (Wildman–Crippen MR) is 83.6 cm³/mol. The molecular weight excluding hydrogens is 270 g/mol. The molecule has 5 heteroatoms. The van der Waals surface area contributed by atoms with Crippen molar-refractivity contribution in [1.82, 2.24) is 10.3 Å². The summed E-state index contributed by atoms with van der Waals surface area (Å²) < 4.78 is 11.5. The van der Waals surface area contributed by atoms with Crippen LogP contribution < -0.4 is 10.2 Å². The lowest BCUT2D eigenvalue weighted by atomic mass is 10.2. The Morgan fingerprint density at radius 3 is 2.75 bits per heavy atom. The molecule has 0 atom stereocenters. The third-order valence-electron chi connectivity index (χ3n) is 3.96. The van der Waals surface area contributed by atoms with E-state index in [0.29, 0.717) is 0 Å². The minimum Gasteiger partial charge on any atom is -0.355 e. The molecule has 2 aliphatic rings. The summed E-state index contributed by atoms with van der Waals surface area (Å²) >= 11 is 0. The molecule has 0 aromatic carbocycles. The van der Waals surface area contributed by atoms with E-state index in [1.54, 1.807) is 0 Å². The van der Waals surface area contributed by atoms with E-state index in [4.69, 9.17) is 4.98 Å². The Hall–Kier alpha value is -0.940. The Labute approximate surface area is 123 Å². The number of aryl methyl sites for hydroxylation is 1. The zero-order valence-electron chi connectivity index (χ0n) is 12.1. The molecule has 1 aliphatic heterocycles. The highest BCUT2D eigenvalue weighted by Gasteiger charge is 2.21.